The number of fused-ring (bicyclic) bond motifs is 1. The number of para-hydroxylation sites is 2. The van der Waals surface area contributed by atoms with Crippen molar-refractivity contribution in [1.82, 2.24) is 14.9 Å². The van der Waals surface area contributed by atoms with Crippen molar-refractivity contribution >= 4 is 16.9 Å². The summed E-state index contributed by atoms with van der Waals surface area (Å²) in [6.07, 6.45) is 3.25. The quantitative estimate of drug-likeness (QED) is 0.520. The molecule has 0 spiro atoms. The van der Waals surface area contributed by atoms with Gasteiger partial charge in [0, 0.05) is 19.5 Å². The molecule has 0 fully saturated rings. The molecule has 2 aromatic carbocycles. The van der Waals surface area contributed by atoms with Crippen LogP contribution in [0.2, 0.25) is 0 Å². The predicted molar refractivity (Wildman–Crippen MR) is 117 cm³/mol. The minimum Gasteiger partial charge on any atom is -0.497 e. The zero-order chi connectivity index (χ0) is 20.6. The predicted octanol–water partition coefficient (Wildman–Crippen LogP) is 4.38. The van der Waals surface area contributed by atoms with Gasteiger partial charge in [-0.15, -0.1) is 0 Å². The van der Waals surface area contributed by atoms with Crippen molar-refractivity contribution in [3.05, 3.63) is 59.9 Å². The second-order valence-corrected chi connectivity index (χ2v) is 7.83. The minimum atomic E-state index is 0.0449. The molecule has 0 saturated heterocycles. The third-order valence-corrected chi connectivity index (χ3v) is 5.09. The minimum absolute atomic E-state index is 0.0449. The lowest BCUT2D eigenvalue weighted by Crippen LogP contribution is -2.26. The molecule has 5 heteroatoms. The largest absolute Gasteiger partial charge is 0.497 e. The smallest absolute Gasteiger partial charge is 0.224 e. The van der Waals surface area contributed by atoms with Crippen LogP contribution in [0.15, 0.2) is 48.5 Å². The molecule has 1 amide bonds. The Balaban J connectivity index is 1.52. The molecule has 1 N–H and O–H groups in total. The Labute approximate surface area is 173 Å². The van der Waals surface area contributed by atoms with Gasteiger partial charge in [0.05, 0.1) is 24.6 Å². The summed E-state index contributed by atoms with van der Waals surface area (Å²) in [5, 5.41) is 3.03. The Bertz CT molecular complexity index is 929. The number of ether oxygens (including phenoxy) is 1. The Hall–Kier alpha value is -2.82. The molecule has 29 heavy (non-hydrogen) atoms. The van der Waals surface area contributed by atoms with Crippen LogP contribution in [-0.2, 0) is 24.2 Å². The zero-order valence-corrected chi connectivity index (χ0v) is 17.6. The highest BCUT2D eigenvalue weighted by Crippen LogP contribution is 2.19. The van der Waals surface area contributed by atoms with Crippen molar-refractivity contribution in [1.29, 1.82) is 0 Å². The van der Waals surface area contributed by atoms with Crippen LogP contribution >= 0.6 is 0 Å². The first-order valence-corrected chi connectivity index (χ1v) is 10.4. The van der Waals surface area contributed by atoms with Crippen molar-refractivity contribution in [3.63, 3.8) is 0 Å². The number of methoxy groups -OCH3 is 1. The molecule has 1 heterocycles. The monoisotopic (exact) mass is 393 g/mol. The average molecular weight is 394 g/mol. The fraction of sp³-hybridized carbons (Fsp3) is 0.417. The molecule has 3 aromatic rings. The van der Waals surface area contributed by atoms with Gasteiger partial charge in [0.1, 0.15) is 11.6 Å². The van der Waals surface area contributed by atoms with E-state index >= 15 is 0 Å². The first-order valence-electron chi connectivity index (χ1n) is 10.4. The van der Waals surface area contributed by atoms with Crippen LogP contribution in [-0.4, -0.2) is 29.1 Å². The van der Waals surface area contributed by atoms with E-state index in [0.717, 1.165) is 48.5 Å². The van der Waals surface area contributed by atoms with Gasteiger partial charge >= 0.3 is 0 Å². The molecule has 0 bridgehead atoms. The number of aryl methyl sites for hydroxylation is 2. The van der Waals surface area contributed by atoms with Gasteiger partial charge in [-0.3, -0.25) is 4.79 Å². The molecule has 154 valence electrons. The lowest BCUT2D eigenvalue weighted by molar-refractivity contribution is -0.120. The molecule has 0 aliphatic carbocycles. The summed E-state index contributed by atoms with van der Waals surface area (Å²) in [6, 6.07) is 15.9. The maximum absolute atomic E-state index is 12.2. The van der Waals surface area contributed by atoms with Gasteiger partial charge in [-0.25, -0.2) is 4.98 Å². The molecule has 3 rings (SSSR count). The van der Waals surface area contributed by atoms with Crippen molar-refractivity contribution in [2.75, 3.05) is 13.7 Å². The van der Waals surface area contributed by atoms with Gasteiger partial charge in [0.25, 0.3) is 0 Å². The van der Waals surface area contributed by atoms with Crippen LogP contribution in [0.3, 0.4) is 0 Å². The highest BCUT2D eigenvalue weighted by molar-refractivity contribution is 5.78. The Morgan fingerprint density at radius 2 is 1.90 bits per heavy atom. The number of rotatable bonds is 10. The van der Waals surface area contributed by atoms with E-state index in [1.807, 2.05) is 30.3 Å². The van der Waals surface area contributed by atoms with E-state index < -0.39 is 0 Å². The number of amides is 1. The van der Waals surface area contributed by atoms with E-state index in [2.05, 4.69) is 41.9 Å². The topological polar surface area (TPSA) is 56.1 Å². The summed E-state index contributed by atoms with van der Waals surface area (Å²) >= 11 is 0. The second-order valence-electron chi connectivity index (χ2n) is 7.83. The third kappa shape index (κ3) is 5.83. The molecular formula is C24H31N3O2. The van der Waals surface area contributed by atoms with Gasteiger partial charge in [-0.2, -0.15) is 0 Å². The Morgan fingerprint density at radius 1 is 1.14 bits per heavy atom. The normalized spacial score (nSPS) is 11.2. The average Bonchev–Trinajstić information content (AvgIpc) is 3.07. The summed E-state index contributed by atoms with van der Waals surface area (Å²) in [5.41, 5.74) is 3.24. The zero-order valence-electron chi connectivity index (χ0n) is 17.6. The maximum atomic E-state index is 12.2. The number of carbonyl (C=O) groups excluding carboxylic acids is 1. The maximum Gasteiger partial charge on any atom is 0.224 e. The first-order chi connectivity index (χ1) is 14.1. The highest BCUT2D eigenvalue weighted by atomic mass is 16.5. The van der Waals surface area contributed by atoms with Gasteiger partial charge < -0.3 is 14.6 Å². The van der Waals surface area contributed by atoms with Crippen LogP contribution < -0.4 is 10.1 Å². The van der Waals surface area contributed by atoms with E-state index in [1.165, 1.54) is 5.52 Å². The Morgan fingerprint density at radius 3 is 2.62 bits per heavy atom. The SMILES string of the molecule is COc1ccc(CC(=O)NCCCc2nc3ccccc3n2CCC(C)C)cc1. The van der Waals surface area contributed by atoms with Crippen molar-refractivity contribution < 1.29 is 9.53 Å². The number of hydrogen-bond donors (Lipinski definition) is 1. The van der Waals surface area contributed by atoms with E-state index in [-0.39, 0.29) is 5.91 Å². The van der Waals surface area contributed by atoms with Crippen LogP contribution in [0.5, 0.6) is 5.75 Å². The number of nitrogens with zero attached hydrogens (tertiary/aromatic N) is 2. The summed E-state index contributed by atoms with van der Waals surface area (Å²) in [5.74, 6) is 2.61. The molecule has 0 saturated carbocycles. The Kier molecular flexibility index (Phi) is 7.28. The fourth-order valence-corrected chi connectivity index (χ4v) is 3.42. The van der Waals surface area contributed by atoms with Gasteiger partial charge in [0.2, 0.25) is 5.91 Å². The lowest BCUT2D eigenvalue weighted by atomic mass is 10.1. The van der Waals surface area contributed by atoms with Crippen LogP contribution in [0.25, 0.3) is 11.0 Å². The van der Waals surface area contributed by atoms with Gasteiger partial charge in [-0.05, 0) is 48.6 Å². The number of carbonyl (C=O) groups is 1. The molecule has 0 aliphatic heterocycles. The standard InChI is InChI=1S/C24H31N3O2/c1-18(2)14-16-27-22-8-5-4-7-21(22)26-23(27)9-6-15-25-24(28)17-19-10-12-20(29-3)13-11-19/h4-5,7-8,10-13,18H,6,9,14-17H2,1-3H3,(H,25,28). The fourth-order valence-electron chi connectivity index (χ4n) is 3.42. The van der Waals surface area contributed by atoms with Crippen LogP contribution in [0.1, 0.15) is 38.1 Å². The summed E-state index contributed by atoms with van der Waals surface area (Å²) in [6.45, 7) is 6.13. The number of imidazole rings is 1. The van der Waals surface area contributed by atoms with Gasteiger partial charge in [-0.1, -0.05) is 38.1 Å². The molecule has 0 unspecified atom stereocenters. The summed E-state index contributed by atoms with van der Waals surface area (Å²) < 4.78 is 7.49. The number of hydrogen-bond acceptors (Lipinski definition) is 3. The number of nitrogens with one attached hydrogen (secondary N) is 1. The third-order valence-electron chi connectivity index (χ3n) is 5.09. The van der Waals surface area contributed by atoms with Crippen LogP contribution in [0, 0.1) is 5.92 Å². The highest BCUT2D eigenvalue weighted by Gasteiger charge is 2.11. The van der Waals surface area contributed by atoms with E-state index in [4.69, 9.17) is 9.72 Å². The molecule has 0 radical (unpaired) electrons. The van der Waals surface area contributed by atoms with E-state index in [0.29, 0.717) is 18.9 Å². The molecule has 0 aliphatic rings. The molecular weight excluding hydrogens is 362 g/mol. The van der Waals surface area contributed by atoms with Crippen molar-refractivity contribution in [2.24, 2.45) is 5.92 Å². The number of benzene rings is 2. The van der Waals surface area contributed by atoms with Crippen molar-refractivity contribution in [2.45, 2.75) is 46.1 Å². The second kappa shape index (κ2) is 10.1. The van der Waals surface area contributed by atoms with Crippen LogP contribution in [0.4, 0.5) is 0 Å². The van der Waals surface area contributed by atoms with E-state index in [1.54, 1.807) is 7.11 Å². The summed E-state index contributed by atoms with van der Waals surface area (Å²) in [4.78, 5) is 17.0. The summed E-state index contributed by atoms with van der Waals surface area (Å²) in [7, 11) is 1.64. The molecule has 0 atom stereocenters. The van der Waals surface area contributed by atoms with Gasteiger partial charge in [0.15, 0.2) is 0 Å². The molecule has 1 aromatic heterocycles. The number of aromatic nitrogens is 2. The van der Waals surface area contributed by atoms with E-state index in [9.17, 15) is 4.79 Å². The molecule has 5 nitrogen and oxygen atoms in total. The first kappa shape index (κ1) is 20.9. The van der Waals surface area contributed by atoms with Crippen molar-refractivity contribution in [3.8, 4) is 5.75 Å². The lowest BCUT2D eigenvalue weighted by Gasteiger charge is -2.11.